The lowest BCUT2D eigenvalue weighted by atomic mass is 10.0. The molecule has 1 saturated heterocycles. The van der Waals surface area contributed by atoms with Gasteiger partial charge in [0.05, 0.1) is 18.3 Å². The number of methoxy groups -OCH3 is 1. The van der Waals surface area contributed by atoms with Crippen molar-refractivity contribution in [3.8, 4) is 17.3 Å². The first kappa shape index (κ1) is 23.1. The number of likely N-dealkylation sites (tertiary alicyclic amines) is 1. The Hall–Kier alpha value is -3.10. The molecule has 0 spiro atoms. The molecule has 1 atom stereocenters. The Morgan fingerprint density at radius 1 is 1.30 bits per heavy atom. The van der Waals surface area contributed by atoms with E-state index in [1.54, 1.807) is 13.3 Å². The average Bonchev–Trinajstić information content (AvgIpc) is 3.35. The molecule has 1 fully saturated rings. The Balaban J connectivity index is 0.00000259. The van der Waals surface area contributed by atoms with Gasteiger partial charge in [-0.2, -0.15) is 0 Å². The number of fused-ring (bicyclic) bond motifs is 2. The van der Waals surface area contributed by atoms with Crippen molar-refractivity contribution >= 4 is 40.4 Å². The van der Waals surface area contributed by atoms with Crippen LogP contribution in [0.2, 0.25) is 0 Å². The average molecular weight is 469 g/mol. The Bertz CT molecular complexity index is 1330. The van der Waals surface area contributed by atoms with E-state index < -0.39 is 0 Å². The number of piperidine rings is 1. The third-order valence-corrected chi connectivity index (χ3v) is 6.35. The second-order valence-electron chi connectivity index (χ2n) is 8.38. The maximum Gasteiger partial charge on any atom is 0.254 e. The van der Waals surface area contributed by atoms with E-state index in [4.69, 9.17) is 15.5 Å². The van der Waals surface area contributed by atoms with Gasteiger partial charge < -0.3 is 24.5 Å². The van der Waals surface area contributed by atoms with Gasteiger partial charge in [0.25, 0.3) is 5.91 Å². The number of hydrogen-bond donors (Lipinski definition) is 1. The zero-order chi connectivity index (χ0) is 22.4. The van der Waals surface area contributed by atoms with Gasteiger partial charge in [-0.05, 0) is 50.1 Å². The summed E-state index contributed by atoms with van der Waals surface area (Å²) >= 11 is 0. The minimum Gasteiger partial charge on any atom is -0.494 e. The van der Waals surface area contributed by atoms with E-state index in [1.165, 1.54) is 0 Å². The lowest BCUT2D eigenvalue weighted by Crippen LogP contribution is -2.45. The van der Waals surface area contributed by atoms with E-state index in [0.717, 1.165) is 59.5 Å². The van der Waals surface area contributed by atoms with Crippen LogP contribution in [0.3, 0.4) is 0 Å². The van der Waals surface area contributed by atoms with E-state index in [1.807, 2.05) is 34.7 Å². The summed E-state index contributed by atoms with van der Waals surface area (Å²) < 4.78 is 9.88. The summed E-state index contributed by atoms with van der Waals surface area (Å²) in [7, 11) is 3.60. The molecule has 8 nitrogen and oxygen atoms in total. The number of hydrogen-bond acceptors (Lipinski definition) is 5. The van der Waals surface area contributed by atoms with Crippen LogP contribution in [0.4, 0.5) is 0 Å². The van der Waals surface area contributed by atoms with Crippen LogP contribution in [-0.2, 0) is 13.6 Å². The predicted octanol–water partition coefficient (Wildman–Crippen LogP) is 3.60. The van der Waals surface area contributed by atoms with E-state index in [0.29, 0.717) is 17.9 Å². The monoisotopic (exact) mass is 468 g/mol. The molecule has 174 valence electrons. The van der Waals surface area contributed by atoms with Crippen LogP contribution in [0.15, 0.2) is 36.5 Å². The number of amides is 1. The quantitative estimate of drug-likeness (QED) is 0.494. The van der Waals surface area contributed by atoms with Crippen LogP contribution in [-0.4, -0.2) is 56.2 Å². The van der Waals surface area contributed by atoms with Crippen LogP contribution in [0.25, 0.3) is 33.6 Å². The van der Waals surface area contributed by atoms with Crippen molar-refractivity contribution in [3.05, 3.63) is 42.1 Å². The number of nitrogens with zero attached hydrogens (tertiary/aromatic N) is 5. The number of halogens is 1. The maximum atomic E-state index is 13.2. The van der Waals surface area contributed by atoms with Gasteiger partial charge in [0.2, 0.25) is 0 Å². The van der Waals surface area contributed by atoms with Crippen molar-refractivity contribution in [2.24, 2.45) is 12.8 Å². The molecule has 1 aliphatic heterocycles. The molecule has 33 heavy (non-hydrogen) atoms. The van der Waals surface area contributed by atoms with Gasteiger partial charge in [-0.25, -0.2) is 9.97 Å². The highest BCUT2D eigenvalue weighted by atomic mass is 35.5. The van der Waals surface area contributed by atoms with Crippen LogP contribution < -0.4 is 10.5 Å². The summed E-state index contributed by atoms with van der Waals surface area (Å²) in [6.45, 7) is 4.18. The van der Waals surface area contributed by atoms with Gasteiger partial charge in [0, 0.05) is 49.9 Å². The Morgan fingerprint density at radius 3 is 2.85 bits per heavy atom. The van der Waals surface area contributed by atoms with Crippen molar-refractivity contribution in [2.45, 2.75) is 32.4 Å². The Labute approximate surface area is 198 Å². The molecule has 1 amide bonds. The number of ether oxygens (including phenoxy) is 1. The summed E-state index contributed by atoms with van der Waals surface area (Å²) in [6.07, 6.45) is 3.69. The predicted molar refractivity (Wildman–Crippen MR) is 132 cm³/mol. The number of benzene rings is 1. The number of aryl methyl sites for hydroxylation is 2. The fraction of sp³-hybridized carbons (Fsp3) is 0.375. The minimum absolute atomic E-state index is 0. The third kappa shape index (κ3) is 3.83. The molecule has 1 aromatic carbocycles. The standard InChI is InChI=1S/C24H28N6O2.ClH/c1-4-30-19(12-15-7-5-9-26-22(15)30)23-27-18-11-16(13-20(32-3)21(18)28(23)2)24(31)29-10-6-8-17(25)14-29;/h5,7,9,11-13,17H,4,6,8,10,14,25H2,1-3H3;1H/t17-;/m1./s1. The molecule has 9 heteroatoms. The largest absolute Gasteiger partial charge is 0.494 e. The SMILES string of the molecule is CCn1c(-c2nc3cc(C(=O)N4CCC[C@@H](N)C4)cc(OC)c3n2C)cc2cccnc21.Cl. The fourth-order valence-corrected chi connectivity index (χ4v) is 4.79. The fourth-order valence-electron chi connectivity index (χ4n) is 4.79. The number of pyridine rings is 1. The molecule has 0 aliphatic carbocycles. The highest BCUT2D eigenvalue weighted by Crippen LogP contribution is 2.34. The summed E-state index contributed by atoms with van der Waals surface area (Å²) in [5.41, 5.74) is 10.2. The van der Waals surface area contributed by atoms with Gasteiger partial charge in [0.15, 0.2) is 5.82 Å². The molecule has 4 heterocycles. The number of nitrogens with two attached hydrogens (primary N) is 1. The Kier molecular flexibility index (Phi) is 6.32. The van der Waals surface area contributed by atoms with E-state index in [-0.39, 0.29) is 24.4 Å². The third-order valence-electron chi connectivity index (χ3n) is 6.35. The van der Waals surface area contributed by atoms with Crippen molar-refractivity contribution in [1.82, 2.24) is 24.0 Å². The molecular weight excluding hydrogens is 440 g/mol. The van der Waals surface area contributed by atoms with Crippen molar-refractivity contribution in [3.63, 3.8) is 0 Å². The van der Waals surface area contributed by atoms with Crippen LogP contribution in [0.5, 0.6) is 5.75 Å². The lowest BCUT2D eigenvalue weighted by Gasteiger charge is -2.30. The number of imidazole rings is 1. The molecular formula is C24H29ClN6O2. The molecule has 0 unspecified atom stereocenters. The smallest absolute Gasteiger partial charge is 0.254 e. The number of aromatic nitrogens is 4. The van der Waals surface area contributed by atoms with Crippen LogP contribution >= 0.6 is 12.4 Å². The van der Waals surface area contributed by atoms with Gasteiger partial charge in [-0.1, -0.05) is 0 Å². The first-order chi connectivity index (χ1) is 15.5. The van der Waals surface area contributed by atoms with E-state index >= 15 is 0 Å². The highest BCUT2D eigenvalue weighted by molar-refractivity contribution is 6.00. The topological polar surface area (TPSA) is 91.2 Å². The summed E-state index contributed by atoms with van der Waals surface area (Å²) in [5, 5.41) is 1.07. The first-order valence-corrected chi connectivity index (χ1v) is 11.1. The molecule has 2 N–H and O–H groups in total. The van der Waals surface area contributed by atoms with Crippen LogP contribution in [0, 0.1) is 0 Å². The molecule has 0 saturated carbocycles. The molecule has 1 aliphatic rings. The number of rotatable bonds is 4. The first-order valence-electron chi connectivity index (χ1n) is 11.1. The number of carbonyl (C=O) groups excluding carboxylic acids is 1. The Morgan fingerprint density at radius 2 is 2.12 bits per heavy atom. The second-order valence-corrected chi connectivity index (χ2v) is 8.38. The van der Waals surface area contributed by atoms with Crippen molar-refractivity contribution < 1.29 is 9.53 Å². The summed E-state index contributed by atoms with van der Waals surface area (Å²) in [4.78, 5) is 24.5. The maximum absolute atomic E-state index is 13.2. The molecule has 5 rings (SSSR count). The van der Waals surface area contributed by atoms with E-state index in [2.05, 4.69) is 28.6 Å². The minimum atomic E-state index is -0.0283. The van der Waals surface area contributed by atoms with Gasteiger partial charge in [0.1, 0.15) is 16.9 Å². The second kappa shape index (κ2) is 9.03. The van der Waals surface area contributed by atoms with Crippen molar-refractivity contribution in [1.29, 1.82) is 0 Å². The normalized spacial score (nSPS) is 16.2. The van der Waals surface area contributed by atoms with Gasteiger partial charge >= 0.3 is 0 Å². The summed E-state index contributed by atoms with van der Waals surface area (Å²) in [6, 6.07) is 9.81. The number of carbonyl (C=O) groups is 1. The molecule has 4 aromatic rings. The van der Waals surface area contributed by atoms with Gasteiger partial charge in [-0.3, -0.25) is 4.79 Å². The molecule has 3 aromatic heterocycles. The van der Waals surface area contributed by atoms with Crippen molar-refractivity contribution in [2.75, 3.05) is 20.2 Å². The summed E-state index contributed by atoms with van der Waals surface area (Å²) in [5.74, 6) is 1.41. The molecule has 0 radical (unpaired) electrons. The lowest BCUT2D eigenvalue weighted by molar-refractivity contribution is 0.0708. The van der Waals surface area contributed by atoms with E-state index in [9.17, 15) is 4.79 Å². The highest BCUT2D eigenvalue weighted by Gasteiger charge is 2.25. The van der Waals surface area contributed by atoms with Gasteiger partial charge in [-0.15, -0.1) is 12.4 Å². The van der Waals surface area contributed by atoms with Crippen LogP contribution in [0.1, 0.15) is 30.1 Å². The zero-order valence-corrected chi connectivity index (χ0v) is 19.9. The zero-order valence-electron chi connectivity index (χ0n) is 19.1. The molecule has 0 bridgehead atoms.